The summed E-state index contributed by atoms with van der Waals surface area (Å²) in [6, 6.07) is 3.24. The number of amides is 12. The molecule has 32 nitrogen and oxygen atoms in total. The average molecular weight is 2160 g/mol. The van der Waals surface area contributed by atoms with Crippen molar-refractivity contribution in [2.75, 3.05) is 69.0 Å². The largest absolute Gasteiger partial charge is 0.481 e. The molecule has 12 atom stereocenters. The van der Waals surface area contributed by atoms with E-state index in [4.69, 9.17) is 47.6 Å². The number of nitrogens with two attached hydrogens (primary N) is 1. The van der Waals surface area contributed by atoms with Gasteiger partial charge in [-0.25, -0.2) is 35.3 Å². The standard InChI is InChI=1S/C15H22N4O4S.C14H19N3O5S.C12H21N3O3S.C10H16N2O3S.C3H3NO2.C2H7NO.CH4.S9.S8.S7/c16-6-5-13(21)23-8-7-17-12(20)4-2-1-3-11-14-10(9-24-11)18-15(22)19-14;18-10-5-6-11(19)17(10)22-12(20)4-2-1-3-9-13-8(7-23-9)15-14(21)16-13;16-6-5-13-10(17)4-2-1-3-9-11-8(7-19-9)14-12(18)15-11;13-8(14)4-2-1-3-7-9-6(5-16-7)11-10(15)12-9;1-4-2-3(5)6;3-1-2-4;;1-3-5-7-9-8-6-4-2;1-3-5-7-8-6-4-2;1-3-5-7-6-4-2/h10-11,14H,1-5,7-9H2,(H,17,20)(H2,18,19,22);8-9,13H,1-7H2,(H2,15,16,21);8-9,11,16H,1-7H2,(H,13,17)(H2,14,15,18);6-7,9H,1-5H2,(H,13,14)(H2,11,12,15);2H2,(H,5,6);4H,1-3H2;1H4;;;/t10?,11?,14-;8?,9?,13-;8?,9?,11-;6?,7?,9-;;;;;;/m0000....../s1. The van der Waals surface area contributed by atoms with Crippen molar-refractivity contribution in [1.29, 1.82) is 5.26 Å². The van der Waals surface area contributed by atoms with E-state index in [1.807, 2.05) is 47.0 Å². The highest BCUT2D eigenvalue weighted by atomic mass is 33.4. The number of carboxylic acid groups (broad SMARTS) is 2. The van der Waals surface area contributed by atoms with Gasteiger partial charge < -0.3 is 93.7 Å². The van der Waals surface area contributed by atoms with Crippen LogP contribution in [0.3, 0.4) is 0 Å². The molecule has 60 heteroatoms. The lowest BCUT2D eigenvalue weighted by Gasteiger charge is -2.16. The summed E-state index contributed by atoms with van der Waals surface area (Å²) in [5.41, 5.74) is 4.78. The van der Waals surface area contributed by atoms with E-state index >= 15 is 0 Å². The molecule has 16 N–H and O–H groups in total. The molecule has 8 unspecified atom stereocenters. The van der Waals surface area contributed by atoms with Crippen LogP contribution < -0.4 is 58.9 Å². The molecule has 666 valence electrons. The monoisotopic (exact) mass is 2160 g/mol. The number of ether oxygens (including phenoxy) is 1. The Bertz CT molecular complexity index is 4100. The Balaban J connectivity index is 0.00000136. The van der Waals surface area contributed by atoms with Crippen molar-refractivity contribution in [3.8, 4) is 6.07 Å². The molecule has 9 saturated heterocycles. The second-order valence-electron chi connectivity index (χ2n) is 23.3. The fourth-order valence-electron chi connectivity index (χ4n) is 10.9. The maximum atomic E-state index is 11.7. The van der Waals surface area contributed by atoms with Gasteiger partial charge in [-0.2, -0.15) is 52.3 Å². The van der Waals surface area contributed by atoms with Crippen LogP contribution in [0, 0.1) is 17.9 Å². The number of nitrogens with zero attached hydrogens (tertiary/aromatic N) is 3. The summed E-state index contributed by atoms with van der Waals surface area (Å²) in [6.07, 6.45) is 11.9. The van der Waals surface area contributed by atoms with Gasteiger partial charge in [-0.3, -0.25) is 28.8 Å². The van der Waals surface area contributed by atoms with Gasteiger partial charge in [0.05, 0.1) is 74.2 Å². The minimum absolute atomic E-state index is 0. The molecule has 9 aliphatic rings. The van der Waals surface area contributed by atoms with Crippen molar-refractivity contribution in [2.45, 2.75) is 199 Å². The topological polar surface area (TPSA) is 482 Å². The van der Waals surface area contributed by atoms with Gasteiger partial charge in [0.15, 0.2) is 0 Å². The van der Waals surface area contributed by atoms with Crippen LogP contribution in [0.2, 0.25) is 0 Å². The van der Waals surface area contributed by atoms with E-state index in [-0.39, 0.29) is 150 Å². The Morgan fingerprint density at radius 1 is 0.487 bits per heavy atom. The number of esters is 1. The summed E-state index contributed by atoms with van der Waals surface area (Å²) in [4.78, 5) is 140. The van der Waals surface area contributed by atoms with Crippen LogP contribution in [0.15, 0.2) is 0 Å². The zero-order chi connectivity index (χ0) is 86.1. The first-order valence-corrected chi connectivity index (χ1v) is 66.5. The van der Waals surface area contributed by atoms with Gasteiger partial charge in [-0.1, -0.05) is 33.1 Å². The molecule has 0 saturated carbocycles. The first kappa shape index (κ1) is 116. The molecule has 12 amide bonds. The Kier molecular flexibility index (Phi) is 74.9. The van der Waals surface area contributed by atoms with Crippen LogP contribution in [0.25, 0.3) is 4.85 Å². The number of aliphatic hydroxyl groups excluding tert-OH is 2. The summed E-state index contributed by atoms with van der Waals surface area (Å²) >= 11 is 35.1. The number of urea groups is 4. The Labute approximate surface area is 777 Å². The number of imide groups is 1. The number of carbonyl (C=O) groups is 12. The van der Waals surface area contributed by atoms with Gasteiger partial charge in [0.25, 0.3) is 11.8 Å². The molecule has 0 aliphatic carbocycles. The van der Waals surface area contributed by atoms with Crippen molar-refractivity contribution in [1.82, 2.24) is 58.2 Å². The third kappa shape index (κ3) is 56.3. The Morgan fingerprint density at radius 3 is 1.09 bits per heavy atom. The Morgan fingerprint density at radius 2 is 0.803 bits per heavy atom. The molecule has 0 radical (unpaired) electrons. The summed E-state index contributed by atoms with van der Waals surface area (Å²) < 4.78 is 4.76. The number of hydrogen-bond donors (Lipinski definition) is 15. The van der Waals surface area contributed by atoms with E-state index in [9.17, 15) is 57.5 Å². The van der Waals surface area contributed by atoms with Crippen molar-refractivity contribution in [2.24, 2.45) is 5.73 Å². The van der Waals surface area contributed by atoms with Crippen molar-refractivity contribution >= 4 is 346 Å². The molecule has 0 bridgehead atoms. The van der Waals surface area contributed by atoms with Crippen LogP contribution in [0.5, 0.6) is 0 Å². The summed E-state index contributed by atoms with van der Waals surface area (Å²) in [7, 11) is 27.4. The highest BCUT2D eigenvalue weighted by Gasteiger charge is 2.46. The number of rotatable bonds is 29. The number of aliphatic carboxylic acids is 2. The van der Waals surface area contributed by atoms with Gasteiger partial charge in [-0.05, 0) is 51.4 Å². The second-order valence-corrected chi connectivity index (χ2v) is 60.3. The highest BCUT2D eigenvalue weighted by molar-refractivity contribution is 8.72. The fraction of sp³-hybridized carbons (Fsp3) is 0.754. The van der Waals surface area contributed by atoms with E-state index < -0.39 is 42.2 Å². The lowest BCUT2D eigenvalue weighted by molar-refractivity contribution is -0.197. The summed E-state index contributed by atoms with van der Waals surface area (Å²) in [5.74, 6) is -0.109. The molecule has 9 rings (SSSR count). The lowest BCUT2D eigenvalue weighted by atomic mass is 10.0. The quantitative estimate of drug-likeness (QED) is 0.0161. The molecular weight excluding hydrogens is 2070 g/mol. The molecule has 0 aromatic carbocycles. The predicted octanol–water partition coefficient (Wildman–Crippen LogP) is 0.728. The van der Waals surface area contributed by atoms with Crippen LogP contribution in [0.4, 0.5) is 19.2 Å². The minimum Gasteiger partial charge on any atom is -0.481 e. The first-order chi connectivity index (χ1) is 55.9. The summed E-state index contributed by atoms with van der Waals surface area (Å²) in [6.45, 7) is 6.70. The van der Waals surface area contributed by atoms with Gasteiger partial charge in [0.2, 0.25) is 11.8 Å². The molecule has 0 aromatic heterocycles. The van der Waals surface area contributed by atoms with Crippen molar-refractivity contribution in [3.05, 3.63) is 11.4 Å². The second kappa shape index (κ2) is 75.9. The number of hydroxylamine groups is 2. The van der Waals surface area contributed by atoms with E-state index in [2.05, 4.69) is 125 Å². The molecule has 0 aromatic rings. The third-order valence-electron chi connectivity index (χ3n) is 15.6. The predicted molar refractivity (Wildman–Crippen MR) is 524 cm³/mol. The molecule has 117 heavy (non-hydrogen) atoms. The molecule has 9 fully saturated rings. The lowest BCUT2D eigenvalue weighted by Crippen LogP contribution is -2.36. The summed E-state index contributed by atoms with van der Waals surface area (Å²) in [5, 5.41) is 71.8. The van der Waals surface area contributed by atoms with E-state index in [1.165, 1.54) is 53.3 Å². The van der Waals surface area contributed by atoms with E-state index in [1.54, 1.807) is 113 Å². The number of carboxylic acids is 2. The maximum absolute atomic E-state index is 11.7. The number of nitrogens with one attached hydrogen (secondary N) is 10. The zero-order valence-corrected chi connectivity index (χ0v) is 83.9. The van der Waals surface area contributed by atoms with Crippen molar-refractivity contribution in [3.63, 3.8) is 0 Å². The number of thioether (sulfide) groups is 4. The molecule has 9 heterocycles. The van der Waals surface area contributed by atoms with E-state index in [0.29, 0.717) is 58.4 Å². The normalized spacial score (nSPS) is 21.8. The SMILES string of the molecule is C.N#CCC(=O)OCCNC(=O)CCCCC1SCC2NC(=O)N[C@@H]21.NCCO.O=C(CCCCC1SCC2NC(=O)N[C@@H]21)NCCO.O=C(O)CCCCC1SCC2NC(=O)N[C@@H]21.O=C1NC2CSC(CCCCC(=O)ON3C(=O)CCC3=O)[C@H]2N1.S=S=S=S=S=S=S.S=S=S=S=S=S=S=S.S=S=S=S=S=S=S=S=S.[C-]#[N+]CC(=O)O. The third-order valence-corrected chi connectivity index (χ3v) is 55.0. The van der Waals surface area contributed by atoms with Crippen molar-refractivity contribution < 1.29 is 87.5 Å². The minimum atomic E-state index is -1.06. The number of aliphatic hydroxyl groups is 2. The first-order valence-electron chi connectivity index (χ1n) is 34.3. The zero-order valence-electron chi connectivity index (χ0n) is 61.0. The van der Waals surface area contributed by atoms with Gasteiger partial charge in [0.1, 0.15) is 13.0 Å². The van der Waals surface area contributed by atoms with Crippen LogP contribution in [-0.2, 0) is 275 Å². The van der Waals surface area contributed by atoms with E-state index in [0.717, 1.165) is 93.6 Å². The average Bonchev–Trinajstić information content (AvgIpc) is 1.69. The molecule has 9 aliphatic heterocycles. The Hall–Kier alpha value is -1.42. The van der Waals surface area contributed by atoms with Gasteiger partial charge >= 0.3 is 54.5 Å². The molecule has 0 spiro atoms. The van der Waals surface area contributed by atoms with Gasteiger partial charge in [-0.15, -0.1) is 5.06 Å². The number of unbranched alkanes of at least 4 members (excludes halogenated alkanes) is 4. The van der Waals surface area contributed by atoms with Gasteiger partial charge in [0, 0.05) is 323 Å². The number of fused-ring (bicyclic) bond motifs is 4. The number of hydrogen-bond acceptors (Lipinski definition) is 28. The highest BCUT2D eigenvalue weighted by Crippen LogP contribution is 2.36. The fourth-order valence-corrected chi connectivity index (χ4v) is 50.0. The maximum Gasteiger partial charge on any atom is 0.384 e. The van der Waals surface area contributed by atoms with Crippen LogP contribution >= 0.6 is 47.0 Å². The smallest absolute Gasteiger partial charge is 0.384 e. The molecular formula is C57H92N14O18S28. The number of nitriles is 1. The van der Waals surface area contributed by atoms with Crippen LogP contribution in [-0.4, -0.2) is 235 Å². The van der Waals surface area contributed by atoms with Crippen LogP contribution in [0.1, 0.15) is 129 Å². The number of carbonyl (C=O) groups excluding carboxylic acids is 10.